The lowest BCUT2D eigenvalue weighted by Gasteiger charge is -1.91. The molecule has 0 bridgehead atoms. The molecular formula is C9H14N3O2+. The number of nitrogens with one attached hydrogen (secondary N) is 2. The van der Waals surface area contributed by atoms with Gasteiger partial charge in [0.25, 0.3) is 0 Å². The summed E-state index contributed by atoms with van der Waals surface area (Å²) >= 11 is 0. The molecule has 0 aliphatic heterocycles. The predicted octanol–water partition coefficient (Wildman–Crippen LogP) is 1.44. The molecule has 2 heterocycles. The molecule has 0 saturated heterocycles. The van der Waals surface area contributed by atoms with Crippen LogP contribution in [0.3, 0.4) is 0 Å². The van der Waals surface area contributed by atoms with E-state index >= 15 is 0 Å². The van der Waals surface area contributed by atoms with Gasteiger partial charge in [0.2, 0.25) is 0 Å². The summed E-state index contributed by atoms with van der Waals surface area (Å²) in [7, 11) is 3.75. The monoisotopic (exact) mass is 196 g/mol. The minimum absolute atomic E-state index is 0. The van der Waals surface area contributed by atoms with Crippen LogP contribution in [0.15, 0.2) is 24.5 Å². The number of hydrogen-bond acceptors (Lipinski definition) is 2. The molecule has 0 aliphatic rings. The van der Waals surface area contributed by atoms with Gasteiger partial charge in [-0.1, -0.05) is 0 Å². The van der Waals surface area contributed by atoms with Crippen molar-refractivity contribution < 1.29 is 11.3 Å². The van der Waals surface area contributed by atoms with Gasteiger partial charge in [-0.25, -0.2) is 4.79 Å². The first kappa shape index (κ1) is 10.3. The fourth-order valence-corrected chi connectivity index (χ4v) is 1.11. The van der Waals surface area contributed by atoms with E-state index in [1.807, 2.05) is 14.1 Å². The van der Waals surface area contributed by atoms with Gasteiger partial charge in [0, 0.05) is 12.4 Å². The van der Waals surface area contributed by atoms with Crippen LogP contribution in [-0.2, 0) is 0 Å². The van der Waals surface area contributed by atoms with Crippen molar-refractivity contribution in [3.63, 3.8) is 0 Å². The van der Waals surface area contributed by atoms with E-state index in [0.29, 0.717) is 5.52 Å². The van der Waals surface area contributed by atoms with Crippen molar-refractivity contribution in [3.05, 3.63) is 24.5 Å². The normalized spacial score (nSPS) is 9.57. The van der Waals surface area contributed by atoms with Gasteiger partial charge in [-0.15, -0.1) is 0 Å². The predicted molar refractivity (Wildman–Crippen MR) is 55.8 cm³/mol. The van der Waals surface area contributed by atoms with E-state index in [1.165, 1.54) is 10.8 Å². The number of H-pyrrole nitrogens is 1. The zero-order chi connectivity index (χ0) is 10.6. The van der Waals surface area contributed by atoms with Crippen molar-refractivity contribution in [2.24, 2.45) is 0 Å². The summed E-state index contributed by atoms with van der Waals surface area (Å²) in [6, 6.07) is 3.45. The maximum absolute atomic E-state index is 10.5. The molecule has 3 N–H and O–H groups in total. The molecule has 2 rings (SSSR count). The maximum atomic E-state index is 10.5. The SMILES string of the molecule is CNC.O=C(O)n1ccc2[nH]ccc21.[H+]. The van der Waals surface area contributed by atoms with Crippen molar-refractivity contribution in [1.82, 2.24) is 14.9 Å². The second-order valence-corrected chi connectivity index (χ2v) is 2.74. The quantitative estimate of drug-likeness (QED) is 0.597. The highest BCUT2D eigenvalue weighted by Gasteiger charge is 2.05. The van der Waals surface area contributed by atoms with Crippen molar-refractivity contribution in [2.75, 3.05) is 14.1 Å². The lowest BCUT2D eigenvalue weighted by molar-refractivity contribution is 0.197. The van der Waals surface area contributed by atoms with Crippen LogP contribution in [0.5, 0.6) is 0 Å². The molecule has 0 radical (unpaired) electrons. The molecule has 0 spiro atoms. The van der Waals surface area contributed by atoms with E-state index < -0.39 is 6.09 Å². The summed E-state index contributed by atoms with van der Waals surface area (Å²) < 4.78 is 1.17. The van der Waals surface area contributed by atoms with Crippen LogP contribution in [0.2, 0.25) is 0 Å². The molecule has 2 aromatic heterocycles. The second-order valence-electron chi connectivity index (χ2n) is 2.74. The standard InChI is InChI=1S/C7H6N2O2.C2H7N/c10-7(11)9-4-2-5-6(9)1-3-8-5;1-3-2/h1-4,8H,(H,10,11);3H,1-2H3/p+1. The Labute approximate surface area is 82.8 Å². The van der Waals surface area contributed by atoms with Crippen LogP contribution in [0.25, 0.3) is 11.0 Å². The third-order valence-electron chi connectivity index (χ3n) is 1.61. The molecule has 2 aromatic rings. The Kier molecular flexibility index (Phi) is 3.30. The first-order valence-electron chi connectivity index (χ1n) is 4.17. The number of rotatable bonds is 0. The van der Waals surface area contributed by atoms with Gasteiger partial charge < -0.3 is 15.4 Å². The molecule has 0 amide bonds. The van der Waals surface area contributed by atoms with Crippen molar-refractivity contribution in [1.29, 1.82) is 0 Å². The zero-order valence-corrected chi connectivity index (χ0v) is 8.11. The number of carbonyl (C=O) groups is 1. The van der Waals surface area contributed by atoms with Crippen LogP contribution >= 0.6 is 0 Å². The number of hydrogen-bond donors (Lipinski definition) is 3. The number of aromatic nitrogens is 2. The zero-order valence-electron chi connectivity index (χ0n) is 9.11. The highest BCUT2D eigenvalue weighted by atomic mass is 16.4. The summed E-state index contributed by atoms with van der Waals surface area (Å²) in [6.07, 6.45) is 2.27. The Morgan fingerprint density at radius 1 is 1.57 bits per heavy atom. The van der Waals surface area contributed by atoms with Crippen LogP contribution in [0.4, 0.5) is 4.79 Å². The number of carboxylic acid groups (broad SMARTS) is 1. The molecule has 5 heteroatoms. The molecule has 14 heavy (non-hydrogen) atoms. The molecule has 0 atom stereocenters. The maximum Gasteiger partial charge on any atom is 1.00 e. The van der Waals surface area contributed by atoms with E-state index in [0.717, 1.165) is 5.52 Å². The molecule has 5 nitrogen and oxygen atoms in total. The second kappa shape index (κ2) is 4.48. The van der Waals surface area contributed by atoms with Gasteiger partial charge in [0.15, 0.2) is 0 Å². The minimum atomic E-state index is -0.959. The van der Waals surface area contributed by atoms with Gasteiger partial charge in [0.05, 0.1) is 11.0 Å². The Morgan fingerprint density at radius 3 is 2.79 bits per heavy atom. The summed E-state index contributed by atoms with van der Waals surface area (Å²) in [6.45, 7) is 0. The average molecular weight is 196 g/mol. The van der Waals surface area contributed by atoms with E-state index in [-0.39, 0.29) is 1.43 Å². The van der Waals surface area contributed by atoms with Crippen LogP contribution in [-0.4, -0.2) is 34.8 Å². The molecule has 0 aromatic carbocycles. The summed E-state index contributed by atoms with van der Waals surface area (Å²) in [5.41, 5.74) is 1.53. The minimum Gasteiger partial charge on any atom is -0.464 e. The smallest absolute Gasteiger partial charge is 0.464 e. The number of aromatic amines is 1. The fourth-order valence-electron chi connectivity index (χ4n) is 1.11. The highest BCUT2D eigenvalue weighted by molar-refractivity contribution is 5.86. The number of nitrogens with zero attached hydrogens (tertiary/aromatic N) is 1. The Morgan fingerprint density at radius 2 is 2.21 bits per heavy atom. The van der Waals surface area contributed by atoms with Gasteiger partial charge in [-0.05, 0) is 26.2 Å². The summed E-state index contributed by atoms with van der Waals surface area (Å²) in [5.74, 6) is 0. The molecular weight excluding hydrogens is 182 g/mol. The fraction of sp³-hybridized carbons (Fsp3) is 0.222. The Bertz CT molecular complexity index is 422. The highest BCUT2D eigenvalue weighted by Crippen LogP contribution is 2.12. The third kappa shape index (κ3) is 1.94. The molecule has 0 saturated carbocycles. The third-order valence-corrected chi connectivity index (χ3v) is 1.61. The summed E-state index contributed by atoms with van der Waals surface area (Å²) in [5, 5.41) is 11.4. The van der Waals surface area contributed by atoms with Crippen molar-refractivity contribution in [2.45, 2.75) is 0 Å². The van der Waals surface area contributed by atoms with Crippen molar-refractivity contribution >= 4 is 17.1 Å². The topological polar surface area (TPSA) is 70.0 Å². The van der Waals surface area contributed by atoms with Gasteiger partial charge in [-0.3, -0.25) is 4.57 Å². The first-order chi connectivity index (χ1) is 6.70. The van der Waals surface area contributed by atoms with Crippen LogP contribution in [0.1, 0.15) is 1.43 Å². The van der Waals surface area contributed by atoms with Gasteiger partial charge >= 0.3 is 7.52 Å². The van der Waals surface area contributed by atoms with Gasteiger partial charge in [0.1, 0.15) is 0 Å². The lowest BCUT2D eigenvalue weighted by atomic mass is 10.5. The largest absolute Gasteiger partial charge is 1.00 e. The van der Waals surface area contributed by atoms with Crippen LogP contribution < -0.4 is 5.32 Å². The molecule has 0 fully saturated rings. The van der Waals surface area contributed by atoms with E-state index in [9.17, 15) is 4.79 Å². The first-order valence-corrected chi connectivity index (χ1v) is 4.17. The molecule has 76 valence electrons. The average Bonchev–Trinajstić information content (AvgIpc) is 2.62. The van der Waals surface area contributed by atoms with E-state index in [2.05, 4.69) is 10.3 Å². The van der Waals surface area contributed by atoms with Crippen LogP contribution in [0, 0.1) is 0 Å². The summed E-state index contributed by atoms with van der Waals surface area (Å²) in [4.78, 5) is 13.4. The van der Waals surface area contributed by atoms with E-state index in [4.69, 9.17) is 5.11 Å². The molecule has 0 unspecified atom stereocenters. The lowest BCUT2D eigenvalue weighted by Crippen LogP contribution is -2.04. The Balaban J connectivity index is 0.000000443. The number of fused-ring (bicyclic) bond motifs is 1. The Hall–Kier alpha value is -1.75. The van der Waals surface area contributed by atoms with E-state index in [1.54, 1.807) is 18.3 Å². The van der Waals surface area contributed by atoms with Crippen molar-refractivity contribution in [3.8, 4) is 0 Å². The van der Waals surface area contributed by atoms with Gasteiger partial charge in [-0.2, -0.15) is 0 Å². The molecule has 0 aliphatic carbocycles.